The monoisotopic (exact) mass is 226 g/mol. The molecule has 0 saturated heterocycles. The van der Waals surface area contributed by atoms with Crippen LogP contribution in [0.2, 0.25) is 0 Å². The molecule has 2 atom stereocenters. The first-order valence-corrected chi connectivity index (χ1v) is 6.51. The highest BCUT2D eigenvalue weighted by Crippen LogP contribution is 2.36. The lowest BCUT2D eigenvalue weighted by Crippen LogP contribution is -2.32. The molecular formula is C12H18O2S. The summed E-state index contributed by atoms with van der Waals surface area (Å²) in [5.41, 5.74) is 0. The largest absolute Gasteiger partial charge is 0.390 e. The number of thiophene rings is 1. The lowest BCUT2D eigenvalue weighted by Gasteiger charge is -2.22. The summed E-state index contributed by atoms with van der Waals surface area (Å²) in [7, 11) is 0. The Kier molecular flexibility index (Phi) is 3.78. The molecule has 1 aromatic rings. The number of ether oxygens (including phenoxy) is 1. The Morgan fingerprint density at radius 2 is 2.40 bits per heavy atom. The minimum Gasteiger partial charge on any atom is -0.390 e. The van der Waals surface area contributed by atoms with Crippen molar-refractivity contribution in [1.29, 1.82) is 0 Å². The molecule has 0 bridgehead atoms. The van der Waals surface area contributed by atoms with Gasteiger partial charge in [-0.3, -0.25) is 0 Å². The van der Waals surface area contributed by atoms with Crippen LogP contribution in [-0.4, -0.2) is 23.9 Å². The fourth-order valence-corrected chi connectivity index (χ4v) is 2.69. The van der Waals surface area contributed by atoms with Crippen LogP contribution in [0.1, 0.15) is 24.6 Å². The number of hydrogen-bond donors (Lipinski definition) is 1. The smallest absolute Gasteiger partial charge is 0.0865 e. The van der Waals surface area contributed by atoms with Gasteiger partial charge in [0.25, 0.3) is 0 Å². The van der Waals surface area contributed by atoms with Crippen LogP contribution in [0.4, 0.5) is 0 Å². The Morgan fingerprint density at radius 1 is 1.60 bits per heavy atom. The third kappa shape index (κ3) is 3.03. The van der Waals surface area contributed by atoms with E-state index in [1.165, 1.54) is 17.7 Å². The highest BCUT2D eigenvalue weighted by molar-refractivity contribution is 7.09. The first kappa shape index (κ1) is 11.1. The van der Waals surface area contributed by atoms with Crippen molar-refractivity contribution >= 4 is 11.3 Å². The maximum Gasteiger partial charge on any atom is 0.0865 e. The van der Waals surface area contributed by atoms with E-state index in [1.807, 2.05) is 13.0 Å². The fraction of sp³-hybridized carbons (Fsp3) is 0.667. The highest BCUT2D eigenvalue weighted by atomic mass is 32.1. The predicted molar refractivity (Wildman–Crippen MR) is 62.2 cm³/mol. The molecule has 2 rings (SSSR count). The van der Waals surface area contributed by atoms with Crippen LogP contribution < -0.4 is 0 Å². The number of aliphatic hydroxyl groups excluding tert-OH is 1. The summed E-state index contributed by atoms with van der Waals surface area (Å²) < 4.78 is 5.63. The van der Waals surface area contributed by atoms with E-state index in [1.54, 1.807) is 11.3 Å². The van der Waals surface area contributed by atoms with E-state index in [9.17, 15) is 5.11 Å². The molecule has 0 spiro atoms. The summed E-state index contributed by atoms with van der Waals surface area (Å²) in [4.78, 5) is 1.24. The number of rotatable bonds is 6. The third-order valence-corrected chi connectivity index (χ3v) is 3.71. The molecular weight excluding hydrogens is 208 g/mol. The van der Waals surface area contributed by atoms with Gasteiger partial charge < -0.3 is 9.84 Å². The Balaban J connectivity index is 1.89. The van der Waals surface area contributed by atoms with Crippen LogP contribution in [0.5, 0.6) is 0 Å². The zero-order valence-electron chi connectivity index (χ0n) is 9.06. The SMILES string of the molecule is CCOC(C(O)Cc1cccs1)C1CC1. The van der Waals surface area contributed by atoms with Gasteiger partial charge in [0.1, 0.15) is 0 Å². The average Bonchev–Trinajstić information content (AvgIpc) is 2.93. The summed E-state index contributed by atoms with van der Waals surface area (Å²) in [6, 6.07) is 4.10. The third-order valence-electron chi connectivity index (χ3n) is 2.82. The minimum atomic E-state index is -0.337. The number of aliphatic hydroxyl groups is 1. The first-order chi connectivity index (χ1) is 7.31. The predicted octanol–water partition coefficient (Wildman–Crippen LogP) is 2.47. The van der Waals surface area contributed by atoms with Crippen molar-refractivity contribution in [3.8, 4) is 0 Å². The molecule has 2 nitrogen and oxygen atoms in total. The van der Waals surface area contributed by atoms with Crippen LogP contribution >= 0.6 is 11.3 Å². The van der Waals surface area contributed by atoms with Gasteiger partial charge in [0.15, 0.2) is 0 Å². The average molecular weight is 226 g/mol. The second-order valence-electron chi connectivity index (χ2n) is 4.11. The maximum absolute atomic E-state index is 10.1. The number of hydrogen-bond acceptors (Lipinski definition) is 3. The van der Waals surface area contributed by atoms with Crippen LogP contribution in [0.3, 0.4) is 0 Å². The van der Waals surface area contributed by atoms with Gasteiger partial charge in [-0.1, -0.05) is 6.07 Å². The molecule has 0 aromatic carbocycles. The molecule has 0 aliphatic heterocycles. The van der Waals surface area contributed by atoms with Crippen molar-refractivity contribution in [2.24, 2.45) is 5.92 Å². The second kappa shape index (κ2) is 5.10. The lowest BCUT2D eigenvalue weighted by molar-refractivity contribution is -0.0436. The summed E-state index contributed by atoms with van der Waals surface area (Å²) in [5.74, 6) is 0.597. The Bertz CT molecular complexity index is 280. The molecule has 3 heteroatoms. The minimum absolute atomic E-state index is 0.0529. The molecule has 2 unspecified atom stereocenters. The molecule has 1 fully saturated rings. The molecule has 1 aromatic heterocycles. The summed E-state index contributed by atoms with van der Waals surface area (Å²) >= 11 is 1.70. The quantitative estimate of drug-likeness (QED) is 0.807. The van der Waals surface area contributed by atoms with Gasteiger partial charge in [0.2, 0.25) is 0 Å². The lowest BCUT2D eigenvalue weighted by atomic mass is 10.1. The molecule has 0 amide bonds. The van der Waals surface area contributed by atoms with Crippen molar-refractivity contribution in [3.05, 3.63) is 22.4 Å². The van der Waals surface area contributed by atoms with Crippen LogP contribution in [0.15, 0.2) is 17.5 Å². The van der Waals surface area contributed by atoms with Gasteiger partial charge in [-0.15, -0.1) is 11.3 Å². The molecule has 1 aliphatic rings. The second-order valence-corrected chi connectivity index (χ2v) is 5.14. The van der Waals surface area contributed by atoms with E-state index < -0.39 is 0 Å². The topological polar surface area (TPSA) is 29.5 Å². The maximum atomic E-state index is 10.1. The first-order valence-electron chi connectivity index (χ1n) is 5.63. The van der Waals surface area contributed by atoms with Gasteiger partial charge in [0, 0.05) is 17.9 Å². The molecule has 84 valence electrons. The van der Waals surface area contributed by atoms with Gasteiger partial charge in [-0.05, 0) is 37.1 Å². The Morgan fingerprint density at radius 3 is 2.93 bits per heavy atom. The van der Waals surface area contributed by atoms with Gasteiger partial charge in [-0.25, -0.2) is 0 Å². The van der Waals surface area contributed by atoms with E-state index in [-0.39, 0.29) is 12.2 Å². The zero-order chi connectivity index (χ0) is 10.7. The van der Waals surface area contributed by atoms with E-state index in [2.05, 4.69) is 11.4 Å². The van der Waals surface area contributed by atoms with Gasteiger partial charge in [0.05, 0.1) is 12.2 Å². The molecule has 1 heterocycles. The highest BCUT2D eigenvalue weighted by Gasteiger charge is 2.36. The Labute approximate surface area is 94.9 Å². The van der Waals surface area contributed by atoms with Gasteiger partial charge >= 0.3 is 0 Å². The van der Waals surface area contributed by atoms with Crippen molar-refractivity contribution in [2.45, 2.75) is 38.4 Å². The molecule has 1 N–H and O–H groups in total. The van der Waals surface area contributed by atoms with Crippen molar-refractivity contribution < 1.29 is 9.84 Å². The van der Waals surface area contributed by atoms with E-state index >= 15 is 0 Å². The summed E-state index contributed by atoms with van der Waals surface area (Å²) in [6.45, 7) is 2.69. The van der Waals surface area contributed by atoms with Crippen molar-refractivity contribution in [2.75, 3.05) is 6.61 Å². The van der Waals surface area contributed by atoms with Gasteiger partial charge in [-0.2, -0.15) is 0 Å². The summed E-state index contributed by atoms with van der Waals surface area (Å²) in [5, 5.41) is 12.2. The van der Waals surface area contributed by atoms with Crippen molar-refractivity contribution in [3.63, 3.8) is 0 Å². The van der Waals surface area contributed by atoms with E-state index in [0.29, 0.717) is 12.5 Å². The molecule has 1 saturated carbocycles. The standard InChI is InChI=1S/C12H18O2S/c1-2-14-12(9-5-6-9)11(13)8-10-4-3-7-15-10/h3-4,7,9,11-13H,2,5-6,8H2,1H3. The molecule has 0 radical (unpaired) electrons. The van der Waals surface area contributed by atoms with Crippen LogP contribution in [0.25, 0.3) is 0 Å². The van der Waals surface area contributed by atoms with Crippen LogP contribution in [0, 0.1) is 5.92 Å². The van der Waals surface area contributed by atoms with Crippen molar-refractivity contribution in [1.82, 2.24) is 0 Å². The van der Waals surface area contributed by atoms with Crippen LogP contribution in [-0.2, 0) is 11.2 Å². The van der Waals surface area contributed by atoms with E-state index in [4.69, 9.17) is 4.74 Å². The Hall–Kier alpha value is -0.380. The summed E-state index contributed by atoms with van der Waals surface area (Å²) in [6.07, 6.45) is 2.88. The molecule has 15 heavy (non-hydrogen) atoms. The fourth-order valence-electron chi connectivity index (χ4n) is 1.93. The molecule has 1 aliphatic carbocycles. The normalized spacial score (nSPS) is 20.1. The van der Waals surface area contributed by atoms with E-state index in [0.717, 1.165) is 6.42 Å². The zero-order valence-corrected chi connectivity index (χ0v) is 9.87.